The molecule has 0 aromatic carbocycles. The Balaban J connectivity index is 1.51. The third kappa shape index (κ3) is 3.77. The van der Waals surface area contributed by atoms with E-state index < -0.39 is 0 Å². The number of aliphatic imine (C=N–C) groups is 1. The van der Waals surface area contributed by atoms with Crippen LogP contribution < -0.4 is 5.32 Å². The number of rotatable bonds is 3. The summed E-state index contributed by atoms with van der Waals surface area (Å²) < 4.78 is 1.89. The molecule has 0 saturated carbocycles. The number of aryl methyl sites for hydroxylation is 1. The Kier molecular flexibility index (Phi) is 5.28. The average molecular weight is 321 g/mol. The predicted molar refractivity (Wildman–Crippen MR) is 93.5 cm³/mol. The van der Waals surface area contributed by atoms with Crippen LogP contribution in [0.15, 0.2) is 17.4 Å². The molecular formula is C16H27N5S. The van der Waals surface area contributed by atoms with Crippen LogP contribution in [0.5, 0.6) is 0 Å². The molecule has 0 aliphatic carbocycles. The average Bonchev–Trinajstić information content (AvgIpc) is 3.18. The maximum Gasteiger partial charge on any atom is 0.193 e. The Bertz CT molecular complexity index is 506. The molecule has 5 nitrogen and oxygen atoms in total. The highest BCUT2D eigenvalue weighted by Gasteiger charge is 2.27. The molecule has 0 radical (unpaired) electrons. The summed E-state index contributed by atoms with van der Waals surface area (Å²) in [5, 5.41) is 7.90. The molecule has 3 rings (SSSR count). The number of hydrogen-bond acceptors (Lipinski definition) is 3. The van der Waals surface area contributed by atoms with Crippen molar-refractivity contribution < 1.29 is 0 Å². The largest absolute Gasteiger partial charge is 0.356 e. The van der Waals surface area contributed by atoms with Crippen LogP contribution >= 0.6 is 11.8 Å². The van der Waals surface area contributed by atoms with Gasteiger partial charge in [-0.15, -0.1) is 0 Å². The summed E-state index contributed by atoms with van der Waals surface area (Å²) in [5.74, 6) is 5.10. The zero-order valence-corrected chi connectivity index (χ0v) is 14.5. The Morgan fingerprint density at radius 1 is 1.41 bits per heavy atom. The second-order valence-corrected chi connectivity index (χ2v) is 7.59. The van der Waals surface area contributed by atoms with Gasteiger partial charge in [0.25, 0.3) is 0 Å². The lowest BCUT2D eigenvalue weighted by molar-refractivity contribution is 0.444. The summed E-state index contributed by atoms with van der Waals surface area (Å²) in [6, 6.07) is 0. The summed E-state index contributed by atoms with van der Waals surface area (Å²) >= 11 is 2.09. The predicted octanol–water partition coefficient (Wildman–Crippen LogP) is 1.93. The fraction of sp³-hybridized carbons (Fsp3) is 0.750. The van der Waals surface area contributed by atoms with Crippen LogP contribution in [-0.2, 0) is 7.05 Å². The number of nitrogens with one attached hydrogen (secondary N) is 1. The van der Waals surface area contributed by atoms with Gasteiger partial charge in [0.05, 0.1) is 6.20 Å². The highest BCUT2D eigenvalue weighted by atomic mass is 32.2. The Labute approximate surface area is 137 Å². The Hall–Kier alpha value is -1.17. The fourth-order valence-corrected chi connectivity index (χ4v) is 4.60. The van der Waals surface area contributed by atoms with Crippen molar-refractivity contribution in [1.29, 1.82) is 0 Å². The lowest BCUT2D eigenvalue weighted by Crippen LogP contribution is -2.42. The first-order chi connectivity index (χ1) is 10.8. The number of hydrogen-bond donors (Lipinski definition) is 1. The number of nitrogens with zero attached hydrogens (tertiary/aromatic N) is 4. The molecule has 2 fully saturated rings. The second kappa shape index (κ2) is 7.40. The topological polar surface area (TPSA) is 45.5 Å². The first-order valence-electron chi connectivity index (χ1n) is 8.28. The van der Waals surface area contributed by atoms with Crippen molar-refractivity contribution in [1.82, 2.24) is 20.0 Å². The molecule has 1 aromatic rings. The highest BCUT2D eigenvalue weighted by molar-refractivity contribution is 7.99. The van der Waals surface area contributed by atoms with Crippen molar-refractivity contribution in [2.24, 2.45) is 18.0 Å². The van der Waals surface area contributed by atoms with E-state index in [1.54, 1.807) is 0 Å². The van der Waals surface area contributed by atoms with E-state index in [1.807, 2.05) is 25.0 Å². The van der Waals surface area contributed by atoms with E-state index in [-0.39, 0.29) is 0 Å². The van der Waals surface area contributed by atoms with Gasteiger partial charge in [-0.3, -0.25) is 9.67 Å². The van der Waals surface area contributed by atoms with Crippen LogP contribution in [-0.4, -0.2) is 58.8 Å². The van der Waals surface area contributed by atoms with Gasteiger partial charge in [0.1, 0.15) is 0 Å². The van der Waals surface area contributed by atoms with E-state index in [2.05, 4.69) is 38.3 Å². The summed E-state index contributed by atoms with van der Waals surface area (Å²) in [4.78, 5) is 6.89. The van der Waals surface area contributed by atoms with Crippen LogP contribution in [0.1, 0.15) is 30.7 Å². The minimum atomic E-state index is 0.582. The molecule has 0 spiro atoms. The molecule has 1 aromatic heterocycles. The first-order valence-corrected chi connectivity index (χ1v) is 9.43. The minimum Gasteiger partial charge on any atom is -0.356 e. The van der Waals surface area contributed by atoms with Gasteiger partial charge < -0.3 is 10.2 Å². The van der Waals surface area contributed by atoms with Crippen LogP contribution in [0.25, 0.3) is 0 Å². The Morgan fingerprint density at radius 2 is 2.23 bits per heavy atom. The molecule has 122 valence electrons. The number of likely N-dealkylation sites (tertiary alicyclic amines) is 1. The molecule has 1 unspecified atom stereocenters. The monoisotopic (exact) mass is 321 g/mol. The molecule has 0 amide bonds. The van der Waals surface area contributed by atoms with Gasteiger partial charge in [0.2, 0.25) is 0 Å². The van der Waals surface area contributed by atoms with E-state index in [9.17, 15) is 0 Å². The van der Waals surface area contributed by atoms with Crippen LogP contribution in [0.4, 0.5) is 0 Å². The molecular weight excluding hydrogens is 294 g/mol. The summed E-state index contributed by atoms with van der Waals surface area (Å²) in [6.45, 7) is 3.20. The summed E-state index contributed by atoms with van der Waals surface area (Å²) in [5.41, 5.74) is 1.35. The van der Waals surface area contributed by atoms with E-state index in [1.165, 1.54) is 36.3 Å². The molecule has 2 aliphatic rings. The van der Waals surface area contributed by atoms with Gasteiger partial charge in [0.15, 0.2) is 5.96 Å². The SMILES string of the molecule is CN=C(NCC1CCSCC1)N1CCC(c2cnn(C)c2)C1. The normalized spacial score (nSPS) is 24.0. The van der Waals surface area contributed by atoms with Gasteiger partial charge in [-0.05, 0) is 42.2 Å². The first kappa shape index (κ1) is 15.7. The summed E-state index contributed by atoms with van der Waals surface area (Å²) in [6.07, 6.45) is 8.01. The smallest absolute Gasteiger partial charge is 0.193 e. The molecule has 0 bridgehead atoms. The van der Waals surface area contributed by atoms with E-state index in [4.69, 9.17) is 0 Å². The Morgan fingerprint density at radius 3 is 2.91 bits per heavy atom. The molecule has 2 aliphatic heterocycles. The van der Waals surface area contributed by atoms with E-state index in [0.717, 1.165) is 31.5 Å². The fourth-order valence-electron chi connectivity index (χ4n) is 3.39. The van der Waals surface area contributed by atoms with E-state index in [0.29, 0.717) is 5.92 Å². The molecule has 1 atom stereocenters. The third-order valence-corrected chi connectivity index (χ3v) is 5.83. The molecule has 2 saturated heterocycles. The van der Waals surface area contributed by atoms with Crippen molar-refractivity contribution in [2.45, 2.75) is 25.2 Å². The van der Waals surface area contributed by atoms with Crippen molar-refractivity contribution in [3.63, 3.8) is 0 Å². The molecule has 3 heterocycles. The highest BCUT2D eigenvalue weighted by Crippen LogP contribution is 2.27. The van der Waals surface area contributed by atoms with Crippen molar-refractivity contribution >= 4 is 17.7 Å². The van der Waals surface area contributed by atoms with Gasteiger partial charge in [0, 0.05) is 45.8 Å². The molecule has 22 heavy (non-hydrogen) atoms. The van der Waals surface area contributed by atoms with Crippen molar-refractivity contribution in [3.8, 4) is 0 Å². The number of guanidine groups is 1. The van der Waals surface area contributed by atoms with Crippen LogP contribution in [0.3, 0.4) is 0 Å². The van der Waals surface area contributed by atoms with Crippen molar-refractivity contribution in [2.75, 3.05) is 38.2 Å². The second-order valence-electron chi connectivity index (χ2n) is 6.36. The van der Waals surface area contributed by atoms with Gasteiger partial charge in [-0.25, -0.2) is 0 Å². The van der Waals surface area contributed by atoms with Crippen LogP contribution in [0, 0.1) is 5.92 Å². The maximum absolute atomic E-state index is 4.49. The van der Waals surface area contributed by atoms with Crippen molar-refractivity contribution in [3.05, 3.63) is 18.0 Å². The number of thioether (sulfide) groups is 1. The quantitative estimate of drug-likeness (QED) is 0.682. The zero-order chi connectivity index (χ0) is 15.4. The third-order valence-electron chi connectivity index (χ3n) is 4.79. The maximum atomic E-state index is 4.49. The van der Waals surface area contributed by atoms with Crippen LogP contribution in [0.2, 0.25) is 0 Å². The standard InChI is InChI=1S/C16H27N5S/c1-17-16(18-9-13-4-7-22-8-5-13)21-6-3-14(12-21)15-10-19-20(2)11-15/h10-11,13-14H,3-9,12H2,1-2H3,(H,17,18). The zero-order valence-electron chi connectivity index (χ0n) is 13.7. The molecule has 1 N–H and O–H groups in total. The van der Waals surface area contributed by atoms with Gasteiger partial charge in [-0.2, -0.15) is 16.9 Å². The molecule has 6 heteroatoms. The minimum absolute atomic E-state index is 0.582. The summed E-state index contributed by atoms with van der Waals surface area (Å²) in [7, 11) is 3.88. The number of aromatic nitrogens is 2. The lowest BCUT2D eigenvalue weighted by atomic mass is 10.0. The van der Waals surface area contributed by atoms with E-state index >= 15 is 0 Å². The lowest BCUT2D eigenvalue weighted by Gasteiger charge is -2.26. The van der Waals surface area contributed by atoms with Gasteiger partial charge in [-0.1, -0.05) is 0 Å². The van der Waals surface area contributed by atoms with Gasteiger partial charge >= 0.3 is 0 Å².